The van der Waals surface area contributed by atoms with E-state index in [4.69, 9.17) is 0 Å². The van der Waals surface area contributed by atoms with Gasteiger partial charge in [0.25, 0.3) is 0 Å². The SMILES string of the molecule is Cc1cc(=O)c(CNC(C)C)cn1-c1ccc(F)c(F)c1. The van der Waals surface area contributed by atoms with Gasteiger partial charge in [0.05, 0.1) is 0 Å². The first kappa shape index (κ1) is 15.4. The zero-order chi connectivity index (χ0) is 15.6. The minimum atomic E-state index is -0.910. The summed E-state index contributed by atoms with van der Waals surface area (Å²) in [6.45, 7) is 6.16. The lowest BCUT2D eigenvalue weighted by Crippen LogP contribution is -2.26. The molecule has 1 N–H and O–H groups in total. The Balaban J connectivity index is 2.45. The van der Waals surface area contributed by atoms with Crippen LogP contribution >= 0.6 is 0 Å². The van der Waals surface area contributed by atoms with Crippen molar-refractivity contribution in [3.05, 3.63) is 63.6 Å². The molecule has 0 bridgehead atoms. The second kappa shape index (κ2) is 6.18. The Labute approximate surface area is 122 Å². The smallest absolute Gasteiger partial charge is 0.186 e. The Morgan fingerprint density at radius 1 is 1.19 bits per heavy atom. The van der Waals surface area contributed by atoms with Gasteiger partial charge in [0.1, 0.15) is 0 Å². The van der Waals surface area contributed by atoms with Gasteiger partial charge in [-0.1, -0.05) is 13.8 Å². The molecule has 0 unspecified atom stereocenters. The zero-order valence-electron chi connectivity index (χ0n) is 12.3. The van der Waals surface area contributed by atoms with Crippen molar-refractivity contribution >= 4 is 0 Å². The average Bonchev–Trinajstić information content (AvgIpc) is 2.41. The summed E-state index contributed by atoms with van der Waals surface area (Å²) in [7, 11) is 0. The van der Waals surface area contributed by atoms with Crippen molar-refractivity contribution in [2.45, 2.75) is 33.4 Å². The van der Waals surface area contributed by atoms with Crippen LogP contribution in [0, 0.1) is 18.6 Å². The molecular formula is C16H18F2N2O. The molecule has 0 atom stereocenters. The van der Waals surface area contributed by atoms with Crippen molar-refractivity contribution in [2.75, 3.05) is 0 Å². The van der Waals surface area contributed by atoms with E-state index in [0.29, 0.717) is 23.5 Å². The highest BCUT2D eigenvalue weighted by Gasteiger charge is 2.09. The predicted octanol–water partition coefficient (Wildman–Crippen LogP) is 2.92. The Hall–Kier alpha value is -2.01. The van der Waals surface area contributed by atoms with Gasteiger partial charge in [0.2, 0.25) is 0 Å². The number of hydrogen-bond acceptors (Lipinski definition) is 2. The number of rotatable bonds is 4. The number of pyridine rings is 1. The summed E-state index contributed by atoms with van der Waals surface area (Å²) in [5.41, 5.74) is 1.66. The Kier molecular flexibility index (Phi) is 4.53. The number of nitrogens with one attached hydrogen (secondary N) is 1. The number of halogens is 2. The van der Waals surface area contributed by atoms with Crippen LogP contribution in [0.5, 0.6) is 0 Å². The predicted molar refractivity (Wildman–Crippen MR) is 78.7 cm³/mol. The van der Waals surface area contributed by atoms with E-state index >= 15 is 0 Å². The molecule has 2 rings (SSSR count). The fraction of sp³-hybridized carbons (Fsp3) is 0.312. The normalized spacial score (nSPS) is 11.1. The van der Waals surface area contributed by atoms with E-state index in [-0.39, 0.29) is 11.5 Å². The first-order chi connectivity index (χ1) is 9.88. The number of benzene rings is 1. The van der Waals surface area contributed by atoms with Crippen LogP contribution < -0.4 is 10.7 Å². The van der Waals surface area contributed by atoms with Crippen LogP contribution in [-0.2, 0) is 6.54 Å². The third kappa shape index (κ3) is 3.55. The second-order valence-electron chi connectivity index (χ2n) is 5.31. The van der Waals surface area contributed by atoms with Crippen LogP contribution in [0.3, 0.4) is 0 Å². The van der Waals surface area contributed by atoms with Gasteiger partial charge < -0.3 is 9.88 Å². The van der Waals surface area contributed by atoms with Gasteiger partial charge in [-0.25, -0.2) is 8.78 Å². The minimum Gasteiger partial charge on any atom is -0.320 e. The summed E-state index contributed by atoms with van der Waals surface area (Å²) in [6, 6.07) is 5.43. The molecule has 5 heteroatoms. The van der Waals surface area contributed by atoms with E-state index in [9.17, 15) is 13.6 Å². The van der Waals surface area contributed by atoms with Crippen LogP contribution in [0.15, 0.2) is 35.3 Å². The highest BCUT2D eigenvalue weighted by molar-refractivity contribution is 5.36. The second-order valence-corrected chi connectivity index (χ2v) is 5.31. The Morgan fingerprint density at radius 3 is 2.52 bits per heavy atom. The van der Waals surface area contributed by atoms with Gasteiger partial charge in [-0.2, -0.15) is 0 Å². The summed E-state index contributed by atoms with van der Waals surface area (Å²) in [4.78, 5) is 12.0. The molecule has 1 aromatic carbocycles. The minimum absolute atomic E-state index is 0.0699. The van der Waals surface area contributed by atoms with Gasteiger partial charge in [0.15, 0.2) is 17.1 Å². The highest BCUT2D eigenvalue weighted by atomic mass is 19.2. The monoisotopic (exact) mass is 292 g/mol. The van der Waals surface area contributed by atoms with E-state index in [1.54, 1.807) is 17.7 Å². The molecule has 0 aliphatic rings. The van der Waals surface area contributed by atoms with Gasteiger partial charge >= 0.3 is 0 Å². The highest BCUT2D eigenvalue weighted by Crippen LogP contribution is 2.15. The molecule has 0 fully saturated rings. The number of hydrogen-bond donors (Lipinski definition) is 1. The maximum atomic E-state index is 13.4. The van der Waals surface area contributed by atoms with Crippen LogP contribution in [0.1, 0.15) is 25.1 Å². The molecule has 0 saturated carbocycles. The van der Waals surface area contributed by atoms with E-state index in [2.05, 4.69) is 5.32 Å². The molecule has 1 heterocycles. The third-order valence-corrected chi connectivity index (χ3v) is 3.20. The summed E-state index contributed by atoms with van der Waals surface area (Å²) in [6.07, 6.45) is 1.67. The van der Waals surface area contributed by atoms with Crippen LogP contribution in [-0.4, -0.2) is 10.6 Å². The van der Waals surface area contributed by atoms with E-state index in [1.165, 1.54) is 12.1 Å². The standard InChI is InChI=1S/C16H18F2N2O/c1-10(2)19-8-12-9-20(11(3)6-16(12)21)13-4-5-14(17)15(18)7-13/h4-7,9-10,19H,8H2,1-3H3. The molecule has 0 saturated heterocycles. The molecule has 3 nitrogen and oxygen atoms in total. The quantitative estimate of drug-likeness (QED) is 0.940. The molecule has 0 radical (unpaired) electrons. The van der Waals surface area contributed by atoms with Crippen molar-refractivity contribution in [3.8, 4) is 5.69 Å². The maximum absolute atomic E-state index is 13.4. The summed E-state index contributed by atoms with van der Waals surface area (Å²) in [5, 5.41) is 3.17. The lowest BCUT2D eigenvalue weighted by Gasteiger charge is -2.14. The zero-order valence-corrected chi connectivity index (χ0v) is 12.3. The molecular weight excluding hydrogens is 274 g/mol. The Bertz CT molecular complexity index is 708. The number of aromatic nitrogens is 1. The Morgan fingerprint density at radius 2 is 1.90 bits per heavy atom. The van der Waals surface area contributed by atoms with Gasteiger partial charge in [-0.05, 0) is 19.1 Å². The van der Waals surface area contributed by atoms with Gasteiger partial charge in [0, 0.05) is 47.9 Å². The van der Waals surface area contributed by atoms with Gasteiger partial charge in [-0.3, -0.25) is 4.79 Å². The van der Waals surface area contributed by atoms with E-state index < -0.39 is 11.6 Å². The average molecular weight is 292 g/mol. The molecule has 0 amide bonds. The maximum Gasteiger partial charge on any atom is 0.186 e. The van der Waals surface area contributed by atoms with E-state index in [1.807, 2.05) is 13.8 Å². The first-order valence-corrected chi connectivity index (χ1v) is 6.79. The molecule has 112 valence electrons. The van der Waals surface area contributed by atoms with Crippen LogP contribution in [0.25, 0.3) is 5.69 Å². The molecule has 21 heavy (non-hydrogen) atoms. The van der Waals surface area contributed by atoms with Crippen molar-refractivity contribution < 1.29 is 8.78 Å². The molecule has 0 aliphatic carbocycles. The lowest BCUT2D eigenvalue weighted by molar-refractivity contribution is 0.508. The topological polar surface area (TPSA) is 34.0 Å². The molecule has 0 spiro atoms. The van der Waals surface area contributed by atoms with Gasteiger partial charge in [-0.15, -0.1) is 0 Å². The first-order valence-electron chi connectivity index (χ1n) is 6.79. The van der Waals surface area contributed by atoms with Crippen LogP contribution in [0.4, 0.5) is 8.78 Å². The van der Waals surface area contributed by atoms with E-state index in [0.717, 1.165) is 12.1 Å². The van der Waals surface area contributed by atoms with Crippen molar-refractivity contribution in [2.24, 2.45) is 0 Å². The van der Waals surface area contributed by atoms with Crippen molar-refractivity contribution in [1.29, 1.82) is 0 Å². The fourth-order valence-electron chi connectivity index (χ4n) is 2.03. The van der Waals surface area contributed by atoms with Crippen molar-refractivity contribution in [3.63, 3.8) is 0 Å². The molecule has 1 aromatic heterocycles. The molecule has 2 aromatic rings. The fourth-order valence-corrected chi connectivity index (χ4v) is 2.03. The molecule has 0 aliphatic heterocycles. The largest absolute Gasteiger partial charge is 0.320 e. The summed E-state index contributed by atoms with van der Waals surface area (Å²) < 4.78 is 28.1. The summed E-state index contributed by atoms with van der Waals surface area (Å²) in [5.74, 6) is -1.80. The summed E-state index contributed by atoms with van der Waals surface area (Å²) >= 11 is 0. The van der Waals surface area contributed by atoms with Crippen molar-refractivity contribution in [1.82, 2.24) is 9.88 Å². The number of nitrogens with zero attached hydrogens (tertiary/aromatic N) is 1. The third-order valence-electron chi connectivity index (χ3n) is 3.20. The van der Waals surface area contributed by atoms with Crippen LogP contribution in [0.2, 0.25) is 0 Å². The number of aryl methyl sites for hydroxylation is 1. The lowest BCUT2D eigenvalue weighted by atomic mass is 10.2.